The third-order valence-corrected chi connectivity index (χ3v) is 19.4. The van der Waals surface area contributed by atoms with Crippen molar-refractivity contribution in [2.45, 2.75) is 129 Å². The van der Waals surface area contributed by atoms with E-state index in [1.54, 1.807) is 26.8 Å². The van der Waals surface area contributed by atoms with Gasteiger partial charge in [0, 0.05) is 145 Å². The van der Waals surface area contributed by atoms with Crippen LogP contribution in [-0.2, 0) is 26.0 Å². The van der Waals surface area contributed by atoms with E-state index in [-0.39, 0.29) is 141 Å². The van der Waals surface area contributed by atoms with Crippen LogP contribution in [0.4, 0.5) is 27.7 Å². The van der Waals surface area contributed by atoms with Gasteiger partial charge in [-0.3, -0.25) is 19.6 Å². The Balaban J connectivity index is 0.000000172. The van der Waals surface area contributed by atoms with Gasteiger partial charge in [-0.05, 0) is 172 Å². The van der Waals surface area contributed by atoms with Crippen molar-refractivity contribution in [1.82, 2.24) is 59.5 Å². The zero-order valence-electron chi connectivity index (χ0n) is 102. The smallest absolute Gasteiger partial charge is 0.162 e. The summed E-state index contributed by atoms with van der Waals surface area (Å²) in [7, 11) is 0. The molecule has 8 aromatic heterocycles. The molecule has 0 aliphatic carbocycles. The molecule has 0 saturated carbocycles. The molecule has 1 unspecified atom stereocenters. The normalized spacial score (nSPS) is 29.3. The topological polar surface area (TPSA) is 259 Å². The molecule has 0 radical (unpaired) electrons. The lowest BCUT2D eigenvalue weighted by molar-refractivity contribution is 0.211. The van der Waals surface area contributed by atoms with E-state index in [2.05, 4.69) is 39.9 Å². The maximum atomic E-state index is 14.1. The van der Waals surface area contributed by atoms with Gasteiger partial charge in [0.2, 0.25) is 0 Å². The summed E-state index contributed by atoms with van der Waals surface area (Å²) >= 11 is 27.3. The fraction of sp³-hybridized carbons (Fsp3) is 0.350. The number of rotatable bonds is 16. The van der Waals surface area contributed by atoms with Gasteiger partial charge in [0.25, 0.3) is 0 Å². The van der Waals surface area contributed by atoms with Gasteiger partial charge in [-0.25, -0.2) is 44.3 Å². The van der Waals surface area contributed by atoms with Crippen molar-refractivity contribution >= 4 is 156 Å². The number of aromatic nitrogens is 8. The maximum Gasteiger partial charge on any atom is 0.162 e. The molecular formula is C80H79Cl4FN20S4. The lowest BCUT2D eigenvalue weighted by atomic mass is 10.0. The molecule has 0 amide bonds. The van der Waals surface area contributed by atoms with Crippen LogP contribution in [-0.4, -0.2) is 136 Å². The number of aryl methyl sites for hydroxylation is 4. The first-order valence-electron chi connectivity index (χ1n) is 54.2. The number of fused-ring (bicyclic) bond motifs is 4. The van der Waals surface area contributed by atoms with Gasteiger partial charge in [0.1, 0.15) is 83.8 Å². The Morgan fingerprint density at radius 2 is 0.789 bits per heavy atom. The SMILES string of the molecule is [2H]c1c(Cl)sc2ncnc(N([2H])C3([2H])C([2H])([2H])C([2H])([2H])N(C([2H])([2H])c4ccc(C)c(C#N)c4)C([2H])([2H])C3([2H])[2H])c12.[2H]c1nc(N([2H])C2([2H])C([2H])([2H])C([2H])([2H])N(C([2H])([2H])c3ccc(C)c(C#N)c3)C([2H])([2H])C2([2H])[2H])c2c([2H])c(Cl)sc2n1.[2H]c1nc(N([2H])C2([2H])C([2H])([2H])CN(C([2H])c3cc(C)c(F)c(C#N)c3)CC2([2H])[2H])c2c([2H])c(Cl)sc2n1.[2H]c1nc(N([2H])C2([2H])CC([2H])([2H])N(C([2H])([2H])c3ccc(C)c(C#N)c3)C([2H])([2H])C2)c2c([2H])c(Cl)sc2n1. The highest BCUT2D eigenvalue weighted by molar-refractivity contribution is 7.23. The quantitative estimate of drug-likeness (QED) is 0.0701. The first-order valence-corrected chi connectivity index (χ1v) is 36.1. The standard InChI is InChI=1S/C20H19ClFN5S.3C20H20ClN5S/c1-12-6-13(7-14(9-23)18(12)22)10-27-4-2-15(3-5-27)26-19-16-8-17(21)28-20(16)25-11-24-19;3*1-13-2-3-14(8-15(13)10-22)11-26-6-4-16(5-7-26)25-19-17-9-18(21)27-20(17)24-12-23-19/h6-8,11,15H,2-5,10H2,1H3,(H,24,25,26);3*2-3,8-9,12,16H,4-7,11H2,1H3,(H,23,24,25)/i2D2,3D2,8D,10D,11D,15D;4D2,5D2,6D2,7D2,9D,11D2,12D,16D;4D2,5D2,6D2,7D2,9D,11D2,16D;6D2,7D2,9D,11D2,12D,16D/hD4. The largest absolute Gasteiger partial charge is 0.367 e. The van der Waals surface area contributed by atoms with Crippen LogP contribution in [0.15, 0.2) is 116 Å². The molecular weight excluding hydrogens is 1530 g/mol. The van der Waals surface area contributed by atoms with Crippen molar-refractivity contribution in [3.05, 3.63) is 206 Å². The summed E-state index contributed by atoms with van der Waals surface area (Å²) in [6.07, 6.45) is -23.8. The van der Waals surface area contributed by atoms with Gasteiger partial charge in [0.15, 0.2) is 5.65 Å². The summed E-state index contributed by atoms with van der Waals surface area (Å²) in [4.78, 5) is 31.6. The Morgan fingerprint density at radius 3 is 1.17 bits per heavy atom. The van der Waals surface area contributed by atoms with Crippen LogP contribution in [0.25, 0.3) is 40.9 Å². The second kappa shape index (κ2) is 36.8. The molecule has 4 N–H and O–H groups in total. The average Bonchev–Trinajstić information content (AvgIpc) is 0.967. The number of benzene rings is 4. The van der Waals surface area contributed by atoms with Gasteiger partial charge in [-0.1, -0.05) is 88.9 Å². The Bertz CT molecular complexity index is 7740. The number of thiophene rings is 4. The number of halogens is 5. The van der Waals surface area contributed by atoms with E-state index in [4.69, 9.17) is 110 Å². The lowest BCUT2D eigenvalue weighted by Crippen LogP contribution is -2.38. The number of anilines is 4. The highest BCUT2D eigenvalue weighted by atomic mass is 35.5. The third kappa shape index (κ3) is 20.4. The highest BCUT2D eigenvalue weighted by Gasteiger charge is 2.27. The van der Waals surface area contributed by atoms with E-state index in [0.29, 0.717) is 38.2 Å². The van der Waals surface area contributed by atoms with Crippen molar-refractivity contribution in [2.24, 2.45) is 0 Å². The molecule has 0 bridgehead atoms. The molecule has 12 aromatic rings. The number of nitrogens with zero attached hydrogens (tertiary/aromatic N) is 16. The summed E-state index contributed by atoms with van der Waals surface area (Å²) in [5.41, 5.74) is 0.393. The average molecular weight is 1660 g/mol. The Labute approximate surface area is 734 Å². The lowest BCUT2D eigenvalue weighted by Gasteiger charge is -2.32. The summed E-state index contributed by atoms with van der Waals surface area (Å²) in [5.74, 6) is -3.17. The molecule has 29 heteroatoms. The van der Waals surface area contributed by atoms with Crippen molar-refractivity contribution in [2.75, 3.05) is 73.3 Å². The number of nitrogens with one attached hydrogen (secondary N) is 4. The molecule has 4 fully saturated rings. The summed E-state index contributed by atoms with van der Waals surface area (Å²) in [6.45, 7) is -26.8. The van der Waals surface area contributed by atoms with Gasteiger partial charge < -0.3 is 21.2 Å². The molecule has 16 rings (SSSR count). The summed E-state index contributed by atoms with van der Waals surface area (Å²) in [6, 6.07) is 6.47. The monoisotopic (exact) mass is 1650 g/mol. The molecule has 0 spiro atoms. The van der Waals surface area contributed by atoms with Gasteiger partial charge >= 0.3 is 0 Å². The van der Waals surface area contributed by atoms with Gasteiger partial charge in [0.05, 0.1) is 90.3 Å². The number of hydrogen-bond donors (Lipinski definition) is 4. The maximum absolute atomic E-state index is 14.1. The number of nitriles is 4. The molecule has 4 saturated heterocycles. The minimum Gasteiger partial charge on any atom is -0.367 e. The predicted molar refractivity (Wildman–Crippen MR) is 441 cm³/mol. The van der Waals surface area contributed by atoms with Crippen molar-refractivity contribution in [3.8, 4) is 24.3 Å². The molecule has 12 heterocycles. The summed E-state index contributed by atoms with van der Waals surface area (Å²) < 4.78 is 410. The van der Waals surface area contributed by atoms with Crippen LogP contribution in [0.3, 0.4) is 0 Å². The molecule has 20 nitrogen and oxygen atoms in total. The Kier molecular flexibility index (Phi) is 13.3. The number of piperidine rings is 4. The van der Waals surface area contributed by atoms with Crippen LogP contribution >= 0.6 is 91.8 Å². The molecule has 4 aliphatic heterocycles. The third-order valence-electron chi connectivity index (χ3n) is 15.0. The van der Waals surface area contributed by atoms with E-state index in [0.717, 1.165) is 75.6 Å². The van der Waals surface area contributed by atoms with E-state index < -0.39 is 219 Å². The van der Waals surface area contributed by atoms with Crippen LogP contribution in [0.2, 0.25) is 23.0 Å². The minimum atomic E-state index is -3.92. The number of likely N-dealkylation sites (tertiary alicyclic amines) is 4. The highest BCUT2D eigenvalue weighted by Crippen LogP contribution is 2.37. The molecule has 1 atom stereocenters. The van der Waals surface area contributed by atoms with E-state index in [1.807, 2.05) is 18.2 Å². The molecule has 4 aliphatic rings. The number of hydrogen-bond acceptors (Lipinski definition) is 24. The fourth-order valence-corrected chi connectivity index (χ4v) is 13.6. The van der Waals surface area contributed by atoms with Crippen LogP contribution in [0.5, 0.6) is 0 Å². The molecule has 558 valence electrons. The Hall–Kier alpha value is -8.87. The molecule has 109 heavy (non-hydrogen) atoms. The van der Waals surface area contributed by atoms with Gasteiger partial charge in [-0.15, -0.1) is 45.3 Å². The second-order valence-corrected chi connectivity index (χ2v) is 28.9. The van der Waals surface area contributed by atoms with Crippen molar-refractivity contribution in [1.29, 1.82) is 21.0 Å². The fourth-order valence-electron chi connectivity index (χ4n) is 9.73. The first kappa shape index (κ1) is 39.4. The van der Waals surface area contributed by atoms with Crippen LogP contribution in [0, 0.1) is 78.8 Å². The van der Waals surface area contributed by atoms with E-state index in [9.17, 15) is 25.4 Å². The van der Waals surface area contributed by atoms with E-state index in [1.165, 1.54) is 43.3 Å². The minimum absolute atomic E-state index is 0.0183. The van der Waals surface area contributed by atoms with Crippen LogP contribution < -0.4 is 21.2 Å². The van der Waals surface area contributed by atoms with E-state index >= 15 is 0 Å². The second-order valence-electron chi connectivity index (χ2n) is 22.5. The first-order chi connectivity index (χ1) is 70.7. The zero-order valence-corrected chi connectivity index (χ0v) is 62.6. The molecule has 4 aromatic carbocycles. The predicted octanol–water partition coefficient (Wildman–Crippen LogP) is 18.5. The zero-order chi connectivity index (χ0) is 117. The Morgan fingerprint density at radius 1 is 0.450 bits per heavy atom. The summed E-state index contributed by atoms with van der Waals surface area (Å²) in [5, 5.41) is 36.9. The van der Waals surface area contributed by atoms with Gasteiger partial charge in [-0.2, -0.15) is 21.0 Å². The van der Waals surface area contributed by atoms with Crippen LogP contribution in [0.1, 0.15) is 175 Å². The van der Waals surface area contributed by atoms with Crippen molar-refractivity contribution < 1.29 is 67.6 Å². The van der Waals surface area contributed by atoms with Crippen molar-refractivity contribution in [3.63, 3.8) is 0 Å².